The molecule has 2 aliphatic heterocycles. The van der Waals surface area contributed by atoms with Gasteiger partial charge in [-0.25, -0.2) is 0 Å². The Hall–Kier alpha value is -0.320. The molecule has 0 radical (unpaired) electrons. The number of hydrogen-bond acceptors (Lipinski definition) is 3. The van der Waals surface area contributed by atoms with Gasteiger partial charge in [0.25, 0.3) is 0 Å². The Morgan fingerprint density at radius 1 is 1.27 bits per heavy atom. The molecule has 5 heteroatoms. The number of carbonyl (C=O) groups is 1. The van der Waals surface area contributed by atoms with Crippen LogP contribution >= 0.6 is 12.4 Å². The molecule has 2 heterocycles. The summed E-state index contributed by atoms with van der Waals surface area (Å²) in [5, 5.41) is 6.86. The zero-order valence-electron chi connectivity index (χ0n) is 13.7. The SMILES string of the molecule is COCCC1(CNC(=O)CC2CC3CCC(C2)N3)CCC1.Cl. The fraction of sp³-hybridized carbons (Fsp3) is 0.941. The Kier molecular flexibility index (Phi) is 6.54. The van der Waals surface area contributed by atoms with Gasteiger partial charge in [-0.2, -0.15) is 0 Å². The van der Waals surface area contributed by atoms with Crippen molar-refractivity contribution < 1.29 is 9.53 Å². The number of rotatable bonds is 7. The number of amides is 1. The first-order chi connectivity index (χ1) is 10.2. The lowest BCUT2D eigenvalue weighted by Gasteiger charge is -2.42. The monoisotopic (exact) mass is 330 g/mol. The van der Waals surface area contributed by atoms with Crippen LogP contribution in [0.4, 0.5) is 0 Å². The predicted molar refractivity (Wildman–Crippen MR) is 90.3 cm³/mol. The number of carbonyl (C=O) groups excluding carboxylic acids is 1. The van der Waals surface area contributed by atoms with Crippen LogP contribution in [0, 0.1) is 11.3 Å². The van der Waals surface area contributed by atoms with Gasteiger partial charge < -0.3 is 15.4 Å². The van der Waals surface area contributed by atoms with Crippen LogP contribution in [-0.2, 0) is 9.53 Å². The lowest BCUT2D eigenvalue weighted by atomic mass is 9.66. The molecule has 1 saturated carbocycles. The molecule has 22 heavy (non-hydrogen) atoms. The summed E-state index contributed by atoms with van der Waals surface area (Å²) in [4.78, 5) is 12.2. The minimum atomic E-state index is 0. The van der Waals surface area contributed by atoms with E-state index in [1.54, 1.807) is 7.11 Å². The molecule has 0 aromatic rings. The summed E-state index contributed by atoms with van der Waals surface area (Å²) in [5.41, 5.74) is 0.332. The third kappa shape index (κ3) is 4.36. The van der Waals surface area contributed by atoms with E-state index in [4.69, 9.17) is 4.74 Å². The average Bonchev–Trinajstić information content (AvgIpc) is 2.76. The smallest absolute Gasteiger partial charge is 0.220 e. The Morgan fingerprint density at radius 2 is 1.95 bits per heavy atom. The van der Waals surface area contributed by atoms with Crippen molar-refractivity contribution in [3.05, 3.63) is 0 Å². The van der Waals surface area contributed by atoms with Gasteiger partial charge in [0, 0.05) is 38.8 Å². The van der Waals surface area contributed by atoms with Crippen LogP contribution in [0.3, 0.4) is 0 Å². The molecule has 4 nitrogen and oxygen atoms in total. The predicted octanol–water partition coefficient (Wildman–Crippen LogP) is 2.65. The summed E-state index contributed by atoms with van der Waals surface area (Å²) < 4.78 is 5.21. The second kappa shape index (κ2) is 7.98. The molecule has 0 aromatic carbocycles. The molecule has 1 amide bonds. The standard InChI is InChI=1S/C17H30N2O2.ClH/c1-21-8-7-17(5-2-6-17)12-18-16(20)11-13-9-14-3-4-15(10-13)19-14;/h13-15,19H,2-12H2,1H3,(H,18,20);1H. The summed E-state index contributed by atoms with van der Waals surface area (Å²) in [6.07, 6.45) is 10.6. The van der Waals surface area contributed by atoms with Crippen LogP contribution < -0.4 is 10.6 Å². The van der Waals surface area contributed by atoms with Gasteiger partial charge in [-0.1, -0.05) is 6.42 Å². The molecular weight excluding hydrogens is 300 g/mol. The number of fused-ring (bicyclic) bond motifs is 2. The zero-order chi connectivity index (χ0) is 14.7. The molecule has 128 valence electrons. The van der Waals surface area contributed by atoms with Gasteiger partial charge in [-0.05, 0) is 56.3 Å². The lowest BCUT2D eigenvalue weighted by Crippen LogP contribution is -2.44. The van der Waals surface area contributed by atoms with Crippen molar-refractivity contribution in [2.24, 2.45) is 11.3 Å². The minimum absolute atomic E-state index is 0. The normalized spacial score (nSPS) is 32.0. The minimum Gasteiger partial charge on any atom is -0.385 e. The van der Waals surface area contributed by atoms with E-state index in [0.717, 1.165) is 26.0 Å². The molecule has 2 saturated heterocycles. The second-order valence-corrected chi connectivity index (χ2v) is 7.55. The van der Waals surface area contributed by atoms with Crippen LogP contribution in [0.5, 0.6) is 0 Å². The van der Waals surface area contributed by atoms with Gasteiger partial charge >= 0.3 is 0 Å². The van der Waals surface area contributed by atoms with Crippen LogP contribution in [0.2, 0.25) is 0 Å². The van der Waals surface area contributed by atoms with Crippen molar-refractivity contribution in [2.45, 2.75) is 69.9 Å². The maximum Gasteiger partial charge on any atom is 0.220 e. The van der Waals surface area contributed by atoms with Crippen molar-refractivity contribution in [1.82, 2.24) is 10.6 Å². The van der Waals surface area contributed by atoms with E-state index in [1.165, 1.54) is 44.9 Å². The van der Waals surface area contributed by atoms with Gasteiger partial charge in [-0.15, -0.1) is 12.4 Å². The molecule has 0 spiro atoms. The second-order valence-electron chi connectivity index (χ2n) is 7.55. The number of piperidine rings is 1. The molecule has 1 aliphatic carbocycles. The van der Waals surface area contributed by atoms with E-state index < -0.39 is 0 Å². The van der Waals surface area contributed by atoms with Gasteiger partial charge in [-0.3, -0.25) is 4.79 Å². The Bertz CT molecular complexity index is 362. The largest absolute Gasteiger partial charge is 0.385 e. The highest BCUT2D eigenvalue weighted by atomic mass is 35.5. The summed E-state index contributed by atoms with van der Waals surface area (Å²) in [7, 11) is 1.76. The van der Waals surface area contributed by atoms with E-state index >= 15 is 0 Å². The lowest BCUT2D eigenvalue weighted by molar-refractivity contribution is -0.123. The number of ether oxygens (including phenoxy) is 1. The molecule has 3 aliphatic rings. The molecule has 0 aromatic heterocycles. The fourth-order valence-corrected chi connectivity index (χ4v) is 4.47. The van der Waals surface area contributed by atoms with E-state index in [0.29, 0.717) is 23.4 Å². The Morgan fingerprint density at radius 3 is 2.50 bits per heavy atom. The maximum absolute atomic E-state index is 12.2. The van der Waals surface area contributed by atoms with Crippen molar-refractivity contribution in [3.63, 3.8) is 0 Å². The summed E-state index contributed by atoms with van der Waals surface area (Å²) >= 11 is 0. The number of nitrogens with one attached hydrogen (secondary N) is 2. The van der Waals surface area contributed by atoms with E-state index in [9.17, 15) is 4.79 Å². The van der Waals surface area contributed by atoms with Crippen LogP contribution in [-0.4, -0.2) is 38.3 Å². The third-order valence-electron chi connectivity index (χ3n) is 5.96. The first-order valence-electron chi connectivity index (χ1n) is 8.71. The molecule has 2 N–H and O–H groups in total. The van der Waals surface area contributed by atoms with E-state index in [-0.39, 0.29) is 18.3 Å². The highest BCUT2D eigenvalue weighted by molar-refractivity contribution is 5.85. The van der Waals surface area contributed by atoms with Crippen LogP contribution in [0.25, 0.3) is 0 Å². The van der Waals surface area contributed by atoms with Crippen molar-refractivity contribution in [2.75, 3.05) is 20.3 Å². The highest BCUT2D eigenvalue weighted by Gasteiger charge is 2.37. The number of hydrogen-bond donors (Lipinski definition) is 2. The average molecular weight is 331 g/mol. The van der Waals surface area contributed by atoms with E-state index in [2.05, 4.69) is 10.6 Å². The van der Waals surface area contributed by atoms with Crippen molar-refractivity contribution in [1.29, 1.82) is 0 Å². The third-order valence-corrected chi connectivity index (χ3v) is 5.96. The van der Waals surface area contributed by atoms with Crippen LogP contribution in [0.15, 0.2) is 0 Å². The molecule has 2 unspecified atom stereocenters. The number of halogens is 1. The van der Waals surface area contributed by atoms with Crippen molar-refractivity contribution in [3.8, 4) is 0 Å². The van der Waals surface area contributed by atoms with Gasteiger partial charge in [0.2, 0.25) is 5.91 Å². The van der Waals surface area contributed by atoms with Gasteiger partial charge in [0.15, 0.2) is 0 Å². The van der Waals surface area contributed by atoms with Gasteiger partial charge in [0.1, 0.15) is 0 Å². The summed E-state index contributed by atoms with van der Waals surface area (Å²) in [6, 6.07) is 1.36. The Balaban J connectivity index is 0.00000176. The first kappa shape index (κ1) is 18.0. The highest BCUT2D eigenvalue weighted by Crippen LogP contribution is 2.43. The molecular formula is C17H31ClN2O2. The Labute approximate surface area is 140 Å². The molecule has 3 rings (SSSR count). The first-order valence-corrected chi connectivity index (χ1v) is 8.71. The van der Waals surface area contributed by atoms with Crippen molar-refractivity contribution >= 4 is 18.3 Å². The van der Waals surface area contributed by atoms with Crippen LogP contribution in [0.1, 0.15) is 57.8 Å². The number of methoxy groups -OCH3 is 1. The molecule has 3 fully saturated rings. The summed E-state index contributed by atoms with van der Waals surface area (Å²) in [6.45, 7) is 1.67. The maximum atomic E-state index is 12.2. The zero-order valence-corrected chi connectivity index (χ0v) is 14.6. The summed E-state index contributed by atoms with van der Waals surface area (Å²) in [5.74, 6) is 0.866. The van der Waals surface area contributed by atoms with E-state index in [1.807, 2.05) is 0 Å². The molecule has 2 atom stereocenters. The van der Waals surface area contributed by atoms with Gasteiger partial charge in [0.05, 0.1) is 0 Å². The molecule has 2 bridgehead atoms. The topological polar surface area (TPSA) is 50.4 Å². The quantitative estimate of drug-likeness (QED) is 0.754. The fourth-order valence-electron chi connectivity index (χ4n) is 4.47.